The predicted molar refractivity (Wildman–Crippen MR) is 81.7 cm³/mol. The molecule has 0 saturated heterocycles. The number of nitrogens with zero attached hydrogens (tertiary/aromatic N) is 1. The van der Waals surface area contributed by atoms with Crippen molar-refractivity contribution in [3.05, 3.63) is 59.3 Å². The maximum Gasteiger partial charge on any atom is 0.340 e. The van der Waals surface area contributed by atoms with Crippen molar-refractivity contribution in [2.24, 2.45) is 0 Å². The molecule has 0 aromatic heterocycles. The van der Waals surface area contributed by atoms with E-state index >= 15 is 0 Å². The normalized spacial score (nSPS) is 14.5. The molecule has 0 radical (unpaired) electrons. The zero-order chi connectivity index (χ0) is 15.9. The van der Waals surface area contributed by atoms with Crippen molar-refractivity contribution in [1.82, 2.24) is 4.90 Å². The molecule has 0 fully saturated rings. The van der Waals surface area contributed by atoms with Gasteiger partial charge in [0.2, 0.25) is 0 Å². The monoisotopic (exact) mass is 301 g/mol. The van der Waals surface area contributed by atoms with E-state index in [1.54, 1.807) is 12.3 Å². The molecular formula is C17H19NO4. The zero-order valence-electron chi connectivity index (χ0n) is 12.7. The Bertz CT molecular complexity index is 604. The maximum absolute atomic E-state index is 12.0. The smallest absolute Gasteiger partial charge is 0.340 e. The van der Waals surface area contributed by atoms with Gasteiger partial charge in [-0.1, -0.05) is 36.4 Å². The van der Waals surface area contributed by atoms with E-state index in [9.17, 15) is 9.59 Å². The van der Waals surface area contributed by atoms with Crippen molar-refractivity contribution in [3.63, 3.8) is 0 Å². The minimum Gasteiger partial charge on any atom is -0.465 e. The molecule has 1 aliphatic rings. The number of hydrogen-bond acceptors (Lipinski definition) is 5. The highest BCUT2D eigenvalue weighted by atomic mass is 16.5. The molecule has 0 spiro atoms. The lowest BCUT2D eigenvalue weighted by Gasteiger charge is -2.19. The SMILES string of the molecule is COC(=O)C1=CCCN(Cc2ccccc2)C=C1C(=O)OC. The summed E-state index contributed by atoms with van der Waals surface area (Å²) in [6, 6.07) is 9.93. The first-order valence-electron chi connectivity index (χ1n) is 7.02. The van der Waals surface area contributed by atoms with Gasteiger partial charge in [-0.05, 0) is 12.0 Å². The minimum absolute atomic E-state index is 0.225. The van der Waals surface area contributed by atoms with Gasteiger partial charge in [0, 0.05) is 19.3 Å². The van der Waals surface area contributed by atoms with E-state index < -0.39 is 11.9 Å². The fourth-order valence-electron chi connectivity index (χ4n) is 2.32. The van der Waals surface area contributed by atoms with Crippen LogP contribution in [0.15, 0.2) is 53.8 Å². The second-order valence-corrected chi connectivity index (χ2v) is 4.89. The van der Waals surface area contributed by atoms with Crippen LogP contribution in [-0.2, 0) is 25.6 Å². The Morgan fingerprint density at radius 2 is 1.68 bits per heavy atom. The number of rotatable bonds is 4. The third-order valence-electron chi connectivity index (χ3n) is 3.41. The molecule has 1 aromatic carbocycles. The van der Waals surface area contributed by atoms with Crippen LogP contribution < -0.4 is 0 Å². The standard InChI is InChI=1S/C17H19NO4/c1-21-16(19)14-9-6-10-18(12-15(14)17(20)22-2)11-13-7-4-3-5-8-13/h3-5,7-9,12H,6,10-11H2,1-2H3. The maximum atomic E-state index is 12.0. The highest BCUT2D eigenvalue weighted by Crippen LogP contribution is 2.20. The van der Waals surface area contributed by atoms with Gasteiger partial charge in [-0.25, -0.2) is 9.59 Å². The van der Waals surface area contributed by atoms with Crippen molar-refractivity contribution < 1.29 is 19.1 Å². The molecule has 1 aliphatic heterocycles. The Labute approximate surface area is 129 Å². The summed E-state index contributed by atoms with van der Waals surface area (Å²) in [5.41, 5.74) is 1.61. The van der Waals surface area contributed by atoms with Crippen LogP contribution in [0, 0.1) is 0 Å². The van der Waals surface area contributed by atoms with Gasteiger partial charge in [-0.3, -0.25) is 0 Å². The molecule has 2 rings (SSSR count). The van der Waals surface area contributed by atoms with E-state index in [0.29, 0.717) is 19.5 Å². The van der Waals surface area contributed by atoms with Gasteiger partial charge in [0.05, 0.1) is 25.4 Å². The Hall–Kier alpha value is -2.56. The third kappa shape index (κ3) is 3.75. The number of methoxy groups -OCH3 is 2. The first-order chi connectivity index (χ1) is 10.7. The highest BCUT2D eigenvalue weighted by molar-refractivity contribution is 6.06. The summed E-state index contributed by atoms with van der Waals surface area (Å²) >= 11 is 0. The minimum atomic E-state index is -0.545. The van der Waals surface area contributed by atoms with Crippen LogP contribution in [-0.4, -0.2) is 37.6 Å². The van der Waals surface area contributed by atoms with E-state index in [1.165, 1.54) is 14.2 Å². The average molecular weight is 301 g/mol. The number of benzene rings is 1. The van der Waals surface area contributed by atoms with E-state index in [1.807, 2.05) is 35.2 Å². The molecule has 5 nitrogen and oxygen atoms in total. The van der Waals surface area contributed by atoms with Gasteiger partial charge in [-0.2, -0.15) is 0 Å². The topological polar surface area (TPSA) is 55.8 Å². The first kappa shape index (κ1) is 15.8. The molecule has 0 aliphatic carbocycles. The first-order valence-corrected chi connectivity index (χ1v) is 7.02. The Kier molecular flexibility index (Phi) is 5.36. The summed E-state index contributed by atoms with van der Waals surface area (Å²) in [6.07, 6.45) is 4.04. The molecule has 116 valence electrons. The average Bonchev–Trinajstić information content (AvgIpc) is 2.77. The molecule has 0 atom stereocenters. The van der Waals surface area contributed by atoms with E-state index in [4.69, 9.17) is 9.47 Å². The summed E-state index contributed by atoms with van der Waals surface area (Å²) in [4.78, 5) is 25.8. The molecule has 0 saturated carbocycles. The summed E-state index contributed by atoms with van der Waals surface area (Å²) in [5, 5.41) is 0. The molecule has 1 aromatic rings. The van der Waals surface area contributed by atoms with Crippen molar-refractivity contribution in [1.29, 1.82) is 0 Å². The number of esters is 2. The summed E-state index contributed by atoms with van der Waals surface area (Å²) in [6.45, 7) is 1.36. The molecule has 1 heterocycles. The summed E-state index contributed by atoms with van der Waals surface area (Å²) < 4.78 is 9.54. The fraction of sp³-hybridized carbons (Fsp3) is 0.294. The van der Waals surface area contributed by atoms with Gasteiger partial charge in [0.1, 0.15) is 0 Å². The molecule has 22 heavy (non-hydrogen) atoms. The van der Waals surface area contributed by atoms with Crippen molar-refractivity contribution >= 4 is 11.9 Å². The van der Waals surface area contributed by atoms with Crippen LogP contribution in [0.1, 0.15) is 12.0 Å². The van der Waals surface area contributed by atoms with Gasteiger partial charge < -0.3 is 14.4 Å². The lowest BCUT2D eigenvalue weighted by atomic mass is 10.1. The largest absolute Gasteiger partial charge is 0.465 e. The molecule has 0 N–H and O–H groups in total. The van der Waals surface area contributed by atoms with Crippen LogP contribution in [0.2, 0.25) is 0 Å². The number of carbonyl (C=O) groups excluding carboxylic acids is 2. The van der Waals surface area contributed by atoms with E-state index in [2.05, 4.69) is 0 Å². The molecule has 0 amide bonds. The lowest BCUT2D eigenvalue weighted by molar-refractivity contribution is -0.139. The van der Waals surface area contributed by atoms with Crippen LogP contribution in [0.4, 0.5) is 0 Å². The second-order valence-electron chi connectivity index (χ2n) is 4.89. The molecule has 0 unspecified atom stereocenters. The Morgan fingerprint density at radius 3 is 2.32 bits per heavy atom. The second kappa shape index (κ2) is 7.45. The third-order valence-corrected chi connectivity index (χ3v) is 3.41. The van der Waals surface area contributed by atoms with Crippen LogP contribution in [0.25, 0.3) is 0 Å². The van der Waals surface area contributed by atoms with Gasteiger partial charge in [0.15, 0.2) is 0 Å². The van der Waals surface area contributed by atoms with Gasteiger partial charge >= 0.3 is 11.9 Å². The van der Waals surface area contributed by atoms with E-state index in [0.717, 1.165) is 5.56 Å². The van der Waals surface area contributed by atoms with Crippen molar-refractivity contribution in [3.8, 4) is 0 Å². The summed E-state index contributed by atoms with van der Waals surface area (Å²) in [5.74, 6) is -1.07. The Morgan fingerprint density at radius 1 is 1.05 bits per heavy atom. The number of ether oxygens (including phenoxy) is 2. The fourth-order valence-corrected chi connectivity index (χ4v) is 2.32. The Balaban J connectivity index is 2.28. The van der Waals surface area contributed by atoms with E-state index in [-0.39, 0.29) is 11.1 Å². The van der Waals surface area contributed by atoms with Crippen molar-refractivity contribution in [2.45, 2.75) is 13.0 Å². The van der Waals surface area contributed by atoms with Gasteiger partial charge in [0.25, 0.3) is 0 Å². The van der Waals surface area contributed by atoms with Crippen LogP contribution in [0.3, 0.4) is 0 Å². The quantitative estimate of drug-likeness (QED) is 0.797. The number of hydrogen-bond donors (Lipinski definition) is 0. The number of carbonyl (C=O) groups is 2. The van der Waals surface area contributed by atoms with Crippen LogP contribution >= 0.6 is 0 Å². The van der Waals surface area contributed by atoms with Crippen LogP contribution in [0.5, 0.6) is 0 Å². The highest BCUT2D eigenvalue weighted by Gasteiger charge is 2.25. The molecule has 0 bridgehead atoms. The predicted octanol–water partition coefficient (Wildman–Crippen LogP) is 2.05. The van der Waals surface area contributed by atoms with Crippen molar-refractivity contribution in [2.75, 3.05) is 20.8 Å². The molecule has 5 heteroatoms. The molecular weight excluding hydrogens is 282 g/mol. The lowest BCUT2D eigenvalue weighted by Crippen LogP contribution is -2.20. The summed E-state index contributed by atoms with van der Waals surface area (Å²) in [7, 11) is 2.59. The van der Waals surface area contributed by atoms with Gasteiger partial charge in [-0.15, -0.1) is 0 Å². The zero-order valence-corrected chi connectivity index (χ0v) is 12.7.